The Bertz CT molecular complexity index is 273. The standard InChI is InChI=1S/C12H19NOS/c1-3-15-12-7-5-11(6-8-12)13(2)9-4-10-14/h5-8,14H,3-4,9-10H2,1-2H3. The van der Waals surface area contributed by atoms with Crippen molar-refractivity contribution in [2.45, 2.75) is 18.2 Å². The van der Waals surface area contributed by atoms with Gasteiger partial charge in [0.05, 0.1) is 0 Å². The van der Waals surface area contributed by atoms with E-state index in [9.17, 15) is 0 Å². The maximum atomic E-state index is 8.75. The summed E-state index contributed by atoms with van der Waals surface area (Å²) in [4.78, 5) is 3.48. The van der Waals surface area contributed by atoms with Crippen LogP contribution in [0.4, 0.5) is 5.69 Å². The SMILES string of the molecule is CCSc1ccc(N(C)CCCO)cc1. The van der Waals surface area contributed by atoms with Gasteiger partial charge in [0.15, 0.2) is 0 Å². The minimum Gasteiger partial charge on any atom is -0.396 e. The van der Waals surface area contributed by atoms with Crippen molar-refractivity contribution in [1.29, 1.82) is 0 Å². The molecular formula is C12H19NOS. The zero-order chi connectivity index (χ0) is 11.1. The molecule has 0 atom stereocenters. The van der Waals surface area contributed by atoms with Crippen molar-refractivity contribution in [2.75, 3.05) is 30.9 Å². The molecule has 1 aromatic rings. The first kappa shape index (κ1) is 12.4. The number of nitrogens with zero attached hydrogens (tertiary/aromatic N) is 1. The van der Waals surface area contributed by atoms with Crippen molar-refractivity contribution < 1.29 is 5.11 Å². The number of benzene rings is 1. The third-order valence-electron chi connectivity index (χ3n) is 2.24. The molecule has 0 saturated carbocycles. The molecule has 1 aromatic carbocycles. The fraction of sp³-hybridized carbons (Fsp3) is 0.500. The maximum absolute atomic E-state index is 8.75. The molecule has 0 bridgehead atoms. The number of anilines is 1. The van der Waals surface area contributed by atoms with Crippen molar-refractivity contribution in [3.63, 3.8) is 0 Å². The van der Waals surface area contributed by atoms with Gasteiger partial charge in [-0.25, -0.2) is 0 Å². The highest BCUT2D eigenvalue weighted by Gasteiger charge is 2.00. The first-order chi connectivity index (χ1) is 7.27. The third-order valence-corrected chi connectivity index (χ3v) is 3.13. The summed E-state index contributed by atoms with van der Waals surface area (Å²) in [7, 11) is 2.05. The minimum atomic E-state index is 0.258. The van der Waals surface area contributed by atoms with E-state index in [1.54, 1.807) is 0 Å². The van der Waals surface area contributed by atoms with Gasteiger partial charge < -0.3 is 10.0 Å². The van der Waals surface area contributed by atoms with Crippen LogP contribution in [0.2, 0.25) is 0 Å². The van der Waals surface area contributed by atoms with Gasteiger partial charge in [0, 0.05) is 30.8 Å². The van der Waals surface area contributed by atoms with E-state index in [0.29, 0.717) is 0 Å². The van der Waals surface area contributed by atoms with E-state index < -0.39 is 0 Å². The molecule has 0 aliphatic heterocycles. The zero-order valence-electron chi connectivity index (χ0n) is 9.44. The molecule has 0 fully saturated rings. The lowest BCUT2D eigenvalue weighted by Gasteiger charge is -2.18. The van der Waals surface area contributed by atoms with E-state index in [1.165, 1.54) is 10.6 Å². The van der Waals surface area contributed by atoms with E-state index in [-0.39, 0.29) is 6.61 Å². The highest BCUT2D eigenvalue weighted by atomic mass is 32.2. The van der Waals surface area contributed by atoms with E-state index >= 15 is 0 Å². The van der Waals surface area contributed by atoms with E-state index in [0.717, 1.165) is 18.7 Å². The average molecular weight is 225 g/mol. The van der Waals surface area contributed by atoms with Gasteiger partial charge in [-0.05, 0) is 36.4 Å². The Hall–Kier alpha value is -0.670. The van der Waals surface area contributed by atoms with Gasteiger partial charge in [-0.15, -0.1) is 11.8 Å². The second kappa shape index (κ2) is 6.75. The normalized spacial score (nSPS) is 10.3. The number of rotatable bonds is 6. The molecule has 0 aromatic heterocycles. The summed E-state index contributed by atoms with van der Waals surface area (Å²) in [5.74, 6) is 1.11. The van der Waals surface area contributed by atoms with Crippen LogP contribution < -0.4 is 4.90 Å². The molecule has 0 spiro atoms. The van der Waals surface area contributed by atoms with Crippen molar-refractivity contribution >= 4 is 17.4 Å². The van der Waals surface area contributed by atoms with Crippen molar-refractivity contribution in [1.82, 2.24) is 0 Å². The molecule has 1 rings (SSSR count). The molecule has 0 heterocycles. The number of aliphatic hydroxyl groups is 1. The number of aliphatic hydroxyl groups excluding tert-OH is 1. The summed E-state index contributed by atoms with van der Waals surface area (Å²) in [6.07, 6.45) is 0.821. The summed E-state index contributed by atoms with van der Waals surface area (Å²) in [6, 6.07) is 8.57. The lowest BCUT2D eigenvalue weighted by atomic mass is 10.3. The lowest BCUT2D eigenvalue weighted by Crippen LogP contribution is -2.19. The van der Waals surface area contributed by atoms with Crippen molar-refractivity contribution in [3.8, 4) is 0 Å². The molecule has 0 saturated heterocycles. The fourth-order valence-electron chi connectivity index (χ4n) is 1.40. The molecule has 1 N–H and O–H groups in total. The molecule has 0 unspecified atom stereocenters. The van der Waals surface area contributed by atoms with E-state index in [1.807, 2.05) is 11.8 Å². The topological polar surface area (TPSA) is 23.5 Å². The van der Waals surface area contributed by atoms with Crippen LogP contribution in [-0.4, -0.2) is 31.1 Å². The van der Waals surface area contributed by atoms with Crippen LogP contribution in [0.1, 0.15) is 13.3 Å². The molecule has 2 nitrogen and oxygen atoms in total. The predicted molar refractivity (Wildman–Crippen MR) is 67.8 cm³/mol. The summed E-state index contributed by atoms with van der Waals surface area (Å²) in [5, 5.41) is 8.75. The second-order valence-electron chi connectivity index (χ2n) is 3.43. The predicted octanol–water partition coefficient (Wildman–Crippen LogP) is 2.62. The number of thioether (sulfide) groups is 1. The molecular weight excluding hydrogens is 206 g/mol. The fourth-order valence-corrected chi connectivity index (χ4v) is 2.06. The van der Waals surface area contributed by atoms with Gasteiger partial charge in [0.25, 0.3) is 0 Å². The van der Waals surface area contributed by atoms with Gasteiger partial charge >= 0.3 is 0 Å². The van der Waals surface area contributed by atoms with Crippen LogP contribution in [0.25, 0.3) is 0 Å². The molecule has 0 radical (unpaired) electrons. The molecule has 0 amide bonds. The lowest BCUT2D eigenvalue weighted by molar-refractivity contribution is 0.290. The largest absolute Gasteiger partial charge is 0.396 e. The Morgan fingerprint density at radius 1 is 1.27 bits per heavy atom. The summed E-state index contributed by atoms with van der Waals surface area (Å²) >= 11 is 1.86. The third kappa shape index (κ3) is 4.14. The van der Waals surface area contributed by atoms with Crippen molar-refractivity contribution in [2.24, 2.45) is 0 Å². The first-order valence-corrected chi connectivity index (χ1v) is 6.31. The van der Waals surface area contributed by atoms with Gasteiger partial charge in [0.1, 0.15) is 0 Å². The monoisotopic (exact) mass is 225 g/mol. The van der Waals surface area contributed by atoms with Crippen LogP contribution in [0.5, 0.6) is 0 Å². The Morgan fingerprint density at radius 3 is 2.47 bits per heavy atom. The molecule has 84 valence electrons. The van der Waals surface area contributed by atoms with Gasteiger partial charge in [0.2, 0.25) is 0 Å². The van der Waals surface area contributed by atoms with E-state index in [4.69, 9.17) is 5.11 Å². The van der Waals surface area contributed by atoms with Crippen LogP contribution in [-0.2, 0) is 0 Å². The number of hydrogen-bond acceptors (Lipinski definition) is 3. The van der Waals surface area contributed by atoms with Crippen LogP contribution in [0.3, 0.4) is 0 Å². The molecule has 0 aliphatic rings. The molecule has 0 aliphatic carbocycles. The maximum Gasteiger partial charge on any atom is 0.0447 e. The van der Waals surface area contributed by atoms with Gasteiger partial charge in [-0.1, -0.05) is 6.92 Å². The average Bonchev–Trinajstić information content (AvgIpc) is 2.27. The van der Waals surface area contributed by atoms with Crippen LogP contribution in [0, 0.1) is 0 Å². The van der Waals surface area contributed by atoms with Gasteiger partial charge in [-0.3, -0.25) is 0 Å². The Kier molecular flexibility index (Phi) is 5.58. The van der Waals surface area contributed by atoms with Crippen molar-refractivity contribution in [3.05, 3.63) is 24.3 Å². The Balaban J connectivity index is 2.54. The second-order valence-corrected chi connectivity index (χ2v) is 4.76. The highest BCUT2D eigenvalue weighted by Crippen LogP contribution is 2.21. The van der Waals surface area contributed by atoms with Gasteiger partial charge in [-0.2, -0.15) is 0 Å². The zero-order valence-corrected chi connectivity index (χ0v) is 10.3. The highest BCUT2D eigenvalue weighted by molar-refractivity contribution is 7.99. The molecule has 15 heavy (non-hydrogen) atoms. The smallest absolute Gasteiger partial charge is 0.0447 e. The molecule has 3 heteroatoms. The summed E-state index contributed by atoms with van der Waals surface area (Å²) in [5.41, 5.74) is 1.21. The summed E-state index contributed by atoms with van der Waals surface area (Å²) < 4.78 is 0. The Morgan fingerprint density at radius 2 is 1.93 bits per heavy atom. The van der Waals surface area contributed by atoms with Crippen LogP contribution in [0.15, 0.2) is 29.2 Å². The first-order valence-electron chi connectivity index (χ1n) is 5.32. The Labute approximate surface area is 96.3 Å². The van der Waals surface area contributed by atoms with Crippen LogP contribution >= 0.6 is 11.8 Å². The quantitative estimate of drug-likeness (QED) is 0.753. The number of hydrogen-bond donors (Lipinski definition) is 1. The minimum absolute atomic E-state index is 0.258. The summed E-state index contributed by atoms with van der Waals surface area (Å²) in [6.45, 7) is 3.32. The van der Waals surface area contributed by atoms with E-state index in [2.05, 4.69) is 43.1 Å².